The summed E-state index contributed by atoms with van der Waals surface area (Å²) in [6, 6.07) is 2.07. The molecule has 64 valence electrons. The molecule has 1 aliphatic heterocycles. The highest BCUT2D eigenvalue weighted by Crippen LogP contribution is 2.15. The van der Waals surface area contributed by atoms with Crippen LogP contribution in [0.5, 0.6) is 0 Å². The maximum Gasteiger partial charge on any atom is 0.184 e. The lowest BCUT2D eigenvalue weighted by Crippen LogP contribution is -2.09. The first-order valence-electron chi connectivity index (χ1n) is 3.98. The molecule has 12 heavy (non-hydrogen) atoms. The molecule has 0 atom stereocenters. The van der Waals surface area contributed by atoms with Gasteiger partial charge in [0.15, 0.2) is 5.17 Å². The molecule has 0 bridgehead atoms. The Bertz CT molecular complexity index is 327. The number of aliphatic imine (C=N–C) groups is 1. The van der Waals surface area contributed by atoms with Crippen molar-refractivity contribution in [2.75, 3.05) is 12.3 Å². The van der Waals surface area contributed by atoms with Gasteiger partial charge in [-0.2, -0.15) is 5.10 Å². The molecule has 1 aromatic heterocycles. The van der Waals surface area contributed by atoms with E-state index >= 15 is 0 Å². The number of hydrogen-bond donors (Lipinski definition) is 0. The van der Waals surface area contributed by atoms with E-state index in [9.17, 15) is 0 Å². The number of nitrogens with zero attached hydrogens (tertiary/aromatic N) is 3. The Balaban J connectivity index is 2.38. The Hall–Kier alpha value is -0.770. The second kappa shape index (κ2) is 2.94. The van der Waals surface area contributed by atoms with Gasteiger partial charge in [-0.15, -0.1) is 0 Å². The van der Waals surface area contributed by atoms with Gasteiger partial charge < -0.3 is 0 Å². The van der Waals surface area contributed by atoms with Gasteiger partial charge in [-0.3, -0.25) is 4.99 Å². The van der Waals surface area contributed by atoms with Crippen LogP contribution in [0, 0.1) is 13.8 Å². The van der Waals surface area contributed by atoms with Crippen LogP contribution in [-0.4, -0.2) is 27.2 Å². The summed E-state index contributed by atoms with van der Waals surface area (Å²) < 4.78 is 1.92. The van der Waals surface area contributed by atoms with E-state index in [0.29, 0.717) is 0 Å². The lowest BCUT2D eigenvalue weighted by atomic mass is 10.4. The van der Waals surface area contributed by atoms with Crippen LogP contribution in [-0.2, 0) is 0 Å². The topological polar surface area (TPSA) is 30.2 Å². The molecule has 0 aromatic carbocycles. The van der Waals surface area contributed by atoms with E-state index in [1.54, 1.807) is 11.8 Å². The molecule has 0 unspecified atom stereocenters. The van der Waals surface area contributed by atoms with E-state index in [0.717, 1.165) is 23.2 Å². The van der Waals surface area contributed by atoms with Crippen LogP contribution in [0.2, 0.25) is 0 Å². The average molecular weight is 181 g/mol. The van der Waals surface area contributed by atoms with Crippen molar-refractivity contribution in [1.82, 2.24) is 9.78 Å². The standard InChI is InChI=1S/C8H11N3S/c1-6-5-7(2)11(10-6)8-9-3-4-12-8/h5H,3-4H2,1-2H3. The Labute approximate surface area is 75.9 Å². The van der Waals surface area contributed by atoms with Gasteiger partial charge in [0.2, 0.25) is 0 Å². The summed E-state index contributed by atoms with van der Waals surface area (Å²) >= 11 is 1.77. The number of rotatable bonds is 0. The lowest BCUT2D eigenvalue weighted by molar-refractivity contribution is 0.890. The van der Waals surface area contributed by atoms with Gasteiger partial charge in [0, 0.05) is 11.4 Å². The van der Waals surface area contributed by atoms with Crippen LogP contribution in [0.15, 0.2) is 11.1 Å². The zero-order valence-electron chi connectivity index (χ0n) is 7.24. The second-order valence-corrected chi connectivity index (χ2v) is 3.91. The SMILES string of the molecule is Cc1cc(C)n(C2=NCCS2)n1. The summed E-state index contributed by atoms with van der Waals surface area (Å²) in [7, 11) is 0. The van der Waals surface area contributed by atoms with Gasteiger partial charge in [-0.05, 0) is 19.9 Å². The fourth-order valence-electron chi connectivity index (χ4n) is 1.27. The van der Waals surface area contributed by atoms with Crippen molar-refractivity contribution in [3.63, 3.8) is 0 Å². The first-order chi connectivity index (χ1) is 5.77. The van der Waals surface area contributed by atoms with E-state index in [1.165, 1.54) is 5.69 Å². The van der Waals surface area contributed by atoms with E-state index in [2.05, 4.69) is 23.1 Å². The molecule has 0 aliphatic carbocycles. The van der Waals surface area contributed by atoms with Crippen molar-refractivity contribution in [2.45, 2.75) is 13.8 Å². The van der Waals surface area contributed by atoms with Gasteiger partial charge in [0.05, 0.1) is 12.2 Å². The molecular formula is C8H11N3S. The summed E-state index contributed by atoms with van der Waals surface area (Å²) in [6.45, 7) is 4.99. The van der Waals surface area contributed by atoms with E-state index in [4.69, 9.17) is 0 Å². The molecule has 2 rings (SSSR count). The monoisotopic (exact) mass is 181 g/mol. The molecule has 0 N–H and O–H groups in total. The molecule has 4 heteroatoms. The number of aryl methyl sites for hydroxylation is 2. The minimum absolute atomic E-state index is 0.929. The molecule has 3 nitrogen and oxygen atoms in total. The normalized spacial score (nSPS) is 16.7. The second-order valence-electron chi connectivity index (χ2n) is 2.85. The largest absolute Gasteiger partial charge is 0.260 e. The zero-order chi connectivity index (χ0) is 8.55. The summed E-state index contributed by atoms with van der Waals surface area (Å²) in [5.74, 6) is 1.09. The van der Waals surface area contributed by atoms with Crippen molar-refractivity contribution < 1.29 is 0 Å². The van der Waals surface area contributed by atoms with E-state index in [-0.39, 0.29) is 0 Å². The van der Waals surface area contributed by atoms with Crippen molar-refractivity contribution >= 4 is 16.9 Å². The predicted molar refractivity (Wildman–Crippen MR) is 51.9 cm³/mol. The predicted octanol–water partition coefficient (Wildman–Crippen LogP) is 1.45. The Morgan fingerprint density at radius 3 is 2.83 bits per heavy atom. The smallest absolute Gasteiger partial charge is 0.184 e. The third-order valence-corrected chi connectivity index (χ3v) is 2.71. The van der Waals surface area contributed by atoms with Gasteiger partial charge in [0.1, 0.15) is 0 Å². The molecule has 0 spiro atoms. The minimum Gasteiger partial charge on any atom is -0.260 e. The first kappa shape index (κ1) is 7.86. The number of thioether (sulfide) groups is 1. The van der Waals surface area contributed by atoms with Crippen molar-refractivity contribution in [2.24, 2.45) is 4.99 Å². The summed E-state index contributed by atoms with van der Waals surface area (Å²) in [4.78, 5) is 4.36. The third-order valence-electron chi connectivity index (χ3n) is 1.76. The van der Waals surface area contributed by atoms with Crippen molar-refractivity contribution in [3.8, 4) is 0 Å². The molecule has 0 radical (unpaired) electrons. The van der Waals surface area contributed by atoms with E-state index < -0.39 is 0 Å². The summed E-state index contributed by atoms with van der Waals surface area (Å²) in [6.07, 6.45) is 0. The molecule has 0 saturated heterocycles. The summed E-state index contributed by atoms with van der Waals surface area (Å²) in [5.41, 5.74) is 2.23. The molecule has 1 aliphatic rings. The van der Waals surface area contributed by atoms with Crippen LogP contribution in [0.1, 0.15) is 11.4 Å². The van der Waals surface area contributed by atoms with Crippen LogP contribution in [0.25, 0.3) is 0 Å². The molecule has 0 fully saturated rings. The Morgan fingerprint density at radius 1 is 1.50 bits per heavy atom. The van der Waals surface area contributed by atoms with Gasteiger partial charge >= 0.3 is 0 Å². The highest BCUT2D eigenvalue weighted by Gasteiger charge is 2.12. The molecule has 1 aromatic rings. The Kier molecular flexibility index (Phi) is 1.92. The average Bonchev–Trinajstić information content (AvgIpc) is 2.58. The molecule has 2 heterocycles. The summed E-state index contributed by atoms with van der Waals surface area (Å²) in [5, 5.41) is 5.40. The van der Waals surface area contributed by atoms with Crippen LogP contribution < -0.4 is 0 Å². The maximum absolute atomic E-state index is 4.36. The maximum atomic E-state index is 4.36. The number of aromatic nitrogens is 2. The molecule has 0 amide bonds. The van der Waals surface area contributed by atoms with Crippen LogP contribution in [0.3, 0.4) is 0 Å². The highest BCUT2D eigenvalue weighted by atomic mass is 32.2. The van der Waals surface area contributed by atoms with Crippen LogP contribution >= 0.6 is 11.8 Å². The highest BCUT2D eigenvalue weighted by molar-refractivity contribution is 8.14. The lowest BCUT2D eigenvalue weighted by Gasteiger charge is -2.00. The van der Waals surface area contributed by atoms with Gasteiger partial charge in [-0.25, -0.2) is 4.68 Å². The zero-order valence-corrected chi connectivity index (χ0v) is 8.06. The fraction of sp³-hybridized carbons (Fsp3) is 0.500. The fourth-order valence-corrected chi connectivity index (χ4v) is 2.13. The molecular weight excluding hydrogens is 170 g/mol. The molecule has 0 saturated carbocycles. The van der Waals surface area contributed by atoms with Crippen LogP contribution in [0.4, 0.5) is 0 Å². The third kappa shape index (κ3) is 1.27. The van der Waals surface area contributed by atoms with Gasteiger partial charge in [-0.1, -0.05) is 11.8 Å². The van der Waals surface area contributed by atoms with Gasteiger partial charge in [0.25, 0.3) is 0 Å². The Morgan fingerprint density at radius 2 is 2.33 bits per heavy atom. The minimum atomic E-state index is 0.929. The first-order valence-corrected chi connectivity index (χ1v) is 4.97. The van der Waals surface area contributed by atoms with Crippen molar-refractivity contribution in [1.29, 1.82) is 0 Å². The van der Waals surface area contributed by atoms with E-state index in [1.807, 2.05) is 11.6 Å². The van der Waals surface area contributed by atoms with Crippen molar-refractivity contribution in [3.05, 3.63) is 17.5 Å². The number of hydrogen-bond acceptors (Lipinski definition) is 3. The quantitative estimate of drug-likeness (QED) is 0.606.